The van der Waals surface area contributed by atoms with Crippen molar-refractivity contribution < 1.29 is 19.0 Å². The summed E-state index contributed by atoms with van der Waals surface area (Å²) in [6, 6.07) is 12.2. The van der Waals surface area contributed by atoms with Crippen LogP contribution in [0, 0.1) is 0 Å². The van der Waals surface area contributed by atoms with Crippen LogP contribution in [-0.2, 0) is 4.79 Å². The first-order valence-electron chi connectivity index (χ1n) is 7.26. The van der Waals surface area contributed by atoms with Crippen LogP contribution in [0.5, 0.6) is 17.2 Å². The highest BCUT2D eigenvalue weighted by molar-refractivity contribution is 6.30. The lowest BCUT2D eigenvalue weighted by molar-refractivity contribution is -0.127. The van der Waals surface area contributed by atoms with Crippen LogP contribution >= 0.6 is 11.6 Å². The van der Waals surface area contributed by atoms with E-state index in [1.807, 2.05) is 6.07 Å². The summed E-state index contributed by atoms with van der Waals surface area (Å²) < 4.78 is 16.0. The minimum Gasteiger partial charge on any atom is -0.481 e. The first-order valence-corrected chi connectivity index (χ1v) is 7.64. The maximum absolute atomic E-state index is 12.0. The molecular weight excluding hydrogens is 332 g/mol. The monoisotopic (exact) mass is 346 g/mol. The molecule has 0 aliphatic carbocycles. The van der Waals surface area contributed by atoms with Crippen molar-refractivity contribution in [3.05, 3.63) is 53.1 Å². The Balaban J connectivity index is 1.53. The zero-order chi connectivity index (χ0) is 16.9. The number of rotatable bonds is 5. The van der Waals surface area contributed by atoms with Crippen molar-refractivity contribution in [2.24, 2.45) is 5.10 Å². The second kappa shape index (κ2) is 7.23. The highest BCUT2D eigenvalue weighted by atomic mass is 35.5. The van der Waals surface area contributed by atoms with Crippen LogP contribution in [0.4, 0.5) is 0 Å². The lowest BCUT2D eigenvalue weighted by Crippen LogP contribution is -2.33. The average Bonchev–Trinajstić information content (AvgIpc) is 3.04. The van der Waals surface area contributed by atoms with E-state index in [2.05, 4.69) is 10.5 Å². The van der Waals surface area contributed by atoms with Gasteiger partial charge in [-0.3, -0.25) is 4.79 Å². The number of carbonyl (C=O) groups is 1. The van der Waals surface area contributed by atoms with Crippen LogP contribution in [0.3, 0.4) is 0 Å². The summed E-state index contributed by atoms with van der Waals surface area (Å²) in [5, 5.41) is 4.53. The molecule has 2 aromatic carbocycles. The van der Waals surface area contributed by atoms with Gasteiger partial charge in [-0.05, 0) is 55.0 Å². The number of nitrogens with zero attached hydrogens (tertiary/aromatic N) is 1. The molecule has 1 atom stereocenters. The Labute approximate surface area is 144 Å². The maximum Gasteiger partial charge on any atom is 0.280 e. The van der Waals surface area contributed by atoms with Gasteiger partial charge in [-0.25, -0.2) is 5.43 Å². The Morgan fingerprint density at radius 2 is 2.00 bits per heavy atom. The van der Waals surface area contributed by atoms with E-state index in [1.165, 1.54) is 6.21 Å². The normalized spacial score (nSPS) is 13.8. The van der Waals surface area contributed by atoms with E-state index in [0.29, 0.717) is 22.3 Å². The Kier molecular flexibility index (Phi) is 4.86. The Bertz CT molecular complexity index is 762. The predicted octanol–water partition coefficient (Wildman–Crippen LogP) is 2.99. The molecule has 0 spiro atoms. The van der Waals surface area contributed by atoms with Gasteiger partial charge in [-0.2, -0.15) is 5.10 Å². The van der Waals surface area contributed by atoms with E-state index in [-0.39, 0.29) is 12.7 Å². The Morgan fingerprint density at radius 1 is 1.25 bits per heavy atom. The van der Waals surface area contributed by atoms with Crippen molar-refractivity contribution in [1.82, 2.24) is 5.43 Å². The van der Waals surface area contributed by atoms with Crippen molar-refractivity contribution in [2.45, 2.75) is 13.0 Å². The van der Waals surface area contributed by atoms with Crippen LogP contribution in [0.1, 0.15) is 12.5 Å². The van der Waals surface area contributed by atoms with E-state index < -0.39 is 6.10 Å². The lowest BCUT2D eigenvalue weighted by Gasteiger charge is -2.12. The van der Waals surface area contributed by atoms with Crippen LogP contribution in [0.2, 0.25) is 5.02 Å². The zero-order valence-corrected chi connectivity index (χ0v) is 13.6. The highest BCUT2D eigenvalue weighted by Crippen LogP contribution is 2.31. The van der Waals surface area contributed by atoms with Crippen molar-refractivity contribution in [2.75, 3.05) is 6.79 Å². The van der Waals surface area contributed by atoms with Crippen LogP contribution in [0.15, 0.2) is 47.6 Å². The fourth-order valence-electron chi connectivity index (χ4n) is 2.03. The van der Waals surface area contributed by atoms with Gasteiger partial charge in [-0.1, -0.05) is 11.6 Å². The van der Waals surface area contributed by atoms with Gasteiger partial charge in [0.15, 0.2) is 17.6 Å². The predicted molar refractivity (Wildman–Crippen MR) is 89.8 cm³/mol. The standard InChI is InChI=1S/C17H15ClN2O4/c1-11(24-14-5-3-13(18)4-6-14)17(21)20-19-9-12-2-7-15-16(8-12)23-10-22-15/h2-9,11H,10H2,1H3,(H,20,21). The SMILES string of the molecule is CC(Oc1ccc(Cl)cc1)C(=O)NN=Cc1ccc2c(c1)OCO2. The van der Waals surface area contributed by atoms with E-state index in [0.717, 1.165) is 5.56 Å². The van der Waals surface area contributed by atoms with Gasteiger partial charge in [0.25, 0.3) is 5.91 Å². The van der Waals surface area contributed by atoms with Crippen LogP contribution in [-0.4, -0.2) is 25.0 Å². The zero-order valence-electron chi connectivity index (χ0n) is 12.9. The molecule has 1 aliphatic rings. The molecule has 0 saturated heterocycles. The number of nitrogens with one attached hydrogen (secondary N) is 1. The third-order valence-corrected chi connectivity index (χ3v) is 3.53. The number of halogens is 1. The topological polar surface area (TPSA) is 69.2 Å². The quantitative estimate of drug-likeness (QED) is 0.667. The first-order chi connectivity index (χ1) is 11.6. The van der Waals surface area contributed by atoms with Crippen LogP contribution in [0.25, 0.3) is 0 Å². The van der Waals surface area contributed by atoms with Gasteiger partial charge in [0.05, 0.1) is 6.21 Å². The smallest absolute Gasteiger partial charge is 0.280 e. The minimum absolute atomic E-state index is 0.215. The summed E-state index contributed by atoms with van der Waals surface area (Å²) in [5.74, 6) is 1.55. The third-order valence-electron chi connectivity index (χ3n) is 3.28. The van der Waals surface area contributed by atoms with Crippen molar-refractivity contribution >= 4 is 23.7 Å². The third kappa shape index (κ3) is 3.97. The number of hydrogen-bond donors (Lipinski definition) is 1. The van der Waals surface area contributed by atoms with E-state index in [9.17, 15) is 4.79 Å². The van der Waals surface area contributed by atoms with Crippen molar-refractivity contribution in [1.29, 1.82) is 0 Å². The van der Waals surface area contributed by atoms with Gasteiger partial charge in [0, 0.05) is 5.02 Å². The maximum atomic E-state index is 12.0. The second-order valence-electron chi connectivity index (χ2n) is 5.06. The Hall–Kier alpha value is -2.73. The van der Waals surface area contributed by atoms with E-state index >= 15 is 0 Å². The number of carbonyl (C=O) groups excluding carboxylic acids is 1. The average molecular weight is 347 g/mol. The Morgan fingerprint density at radius 3 is 2.79 bits per heavy atom. The first kappa shape index (κ1) is 16.1. The number of hydrazone groups is 1. The molecule has 6 nitrogen and oxygen atoms in total. The number of benzene rings is 2. The molecule has 2 aromatic rings. The van der Waals surface area contributed by atoms with Gasteiger partial charge >= 0.3 is 0 Å². The molecule has 3 rings (SSSR count). The number of hydrogen-bond acceptors (Lipinski definition) is 5. The molecule has 0 fully saturated rings. The van der Waals surface area contributed by atoms with Gasteiger partial charge in [0.1, 0.15) is 5.75 Å². The minimum atomic E-state index is -0.694. The molecule has 1 aliphatic heterocycles. The molecule has 1 heterocycles. The summed E-state index contributed by atoms with van der Waals surface area (Å²) in [6.45, 7) is 1.85. The van der Waals surface area contributed by atoms with E-state index in [1.54, 1.807) is 43.3 Å². The summed E-state index contributed by atoms with van der Waals surface area (Å²) in [7, 11) is 0. The fraction of sp³-hybridized carbons (Fsp3) is 0.176. The van der Waals surface area contributed by atoms with Gasteiger partial charge < -0.3 is 14.2 Å². The summed E-state index contributed by atoms with van der Waals surface area (Å²) in [6.07, 6.45) is 0.828. The fourth-order valence-corrected chi connectivity index (χ4v) is 2.15. The molecule has 24 heavy (non-hydrogen) atoms. The highest BCUT2D eigenvalue weighted by Gasteiger charge is 2.14. The summed E-state index contributed by atoms with van der Waals surface area (Å²) in [4.78, 5) is 12.0. The second-order valence-corrected chi connectivity index (χ2v) is 5.50. The summed E-state index contributed by atoms with van der Waals surface area (Å²) >= 11 is 5.80. The molecule has 0 aromatic heterocycles. The molecule has 1 unspecified atom stereocenters. The van der Waals surface area contributed by atoms with Crippen molar-refractivity contribution in [3.8, 4) is 17.2 Å². The van der Waals surface area contributed by atoms with Crippen molar-refractivity contribution in [3.63, 3.8) is 0 Å². The van der Waals surface area contributed by atoms with Gasteiger partial charge in [0.2, 0.25) is 6.79 Å². The van der Waals surface area contributed by atoms with E-state index in [4.69, 9.17) is 25.8 Å². The number of amides is 1. The van der Waals surface area contributed by atoms with Gasteiger partial charge in [-0.15, -0.1) is 0 Å². The lowest BCUT2D eigenvalue weighted by atomic mass is 10.2. The molecule has 124 valence electrons. The molecule has 7 heteroatoms. The summed E-state index contributed by atoms with van der Waals surface area (Å²) in [5.41, 5.74) is 3.22. The molecule has 0 saturated carbocycles. The number of fused-ring (bicyclic) bond motifs is 1. The molecule has 1 N–H and O–H groups in total. The van der Waals surface area contributed by atoms with Crippen LogP contribution < -0.4 is 19.6 Å². The molecule has 1 amide bonds. The molecule has 0 bridgehead atoms. The molecular formula is C17H15ClN2O4. The number of ether oxygens (including phenoxy) is 3. The molecule has 0 radical (unpaired) electrons. The largest absolute Gasteiger partial charge is 0.481 e.